The van der Waals surface area contributed by atoms with Crippen molar-refractivity contribution >= 4 is 5.82 Å². The van der Waals surface area contributed by atoms with Crippen LogP contribution >= 0.6 is 0 Å². The van der Waals surface area contributed by atoms with E-state index in [9.17, 15) is 0 Å². The van der Waals surface area contributed by atoms with Crippen LogP contribution in [0.2, 0.25) is 0 Å². The lowest BCUT2D eigenvalue weighted by molar-refractivity contribution is 0.338. The van der Waals surface area contributed by atoms with E-state index >= 15 is 0 Å². The lowest BCUT2D eigenvalue weighted by atomic mass is 10.3. The minimum absolute atomic E-state index is 0.507. The highest BCUT2D eigenvalue weighted by Crippen LogP contribution is 2.24. The molecule has 1 aromatic carbocycles. The molecule has 0 saturated carbocycles. The van der Waals surface area contributed by atoms with Crippen LogP contribution in [0.5, 0.6) is 17.4 Å². The lowest BCUT2D eigenvalue weighted by Crippen LogP contribution is -2.02. The maximum absolute atomic E-state index is 5.71. The molecule has 0 bridgehead atoms. The van der Waals surface area contributed by atoms with Crippen molar-refractivity contribution < 1.29 is 9.47 Å². The highest BCUT2D eigenvalue weighted by Gasteiger charge is 2.02. The second kappa shape index (κ2) is 7.33. The van der Waals surface area contributed by atoms with E-state index < -0.39 is 0 Å². The Balaban J connectivity index is 2.07. The second-order valence-electron chi connectivity index (χ2n) is 4.18. The van der Waals surface area contributed by atoms with Gasteiger partial charge in [-0.15, -0.1) is 0 Å². The molecule has 0 unspecified atom stereocenters. The van der Waals surface area contributed by atoms with Crippen LogP contribution in [0.25, 0.3) is 0 Å². The first-order chi connectivity index (χ1) is 9.81. The maximum Gasteiger partial charge on any atom is 0.224 e. The molecule has 1 N–H and O–H groups in total. The summed E-state index contributed by atoms with van der Waals surface area (Å²) in [6, 6.07) is 9.26. The van der Waals surface area contributed by atoms with E-state index in [2.05, 4.69) is 22.2 Å². The fraction of sp³-hybridized carbons (Fsp3) is 0.333. The molecule has 0 aliphatic heterocycles. The zero-order chi connectivity index (χ0) is 14.2. The number of aromatic nitrogens is 2. The maximum atomic E-state index is 5.71. The third kappa shape index (κ3) is 4.12. The van der Waals surface area contributed by atoms with Gasteiger partial charge in [0.05, 0.1) is 6.61 Å². The third-order valence-electron chi connectivity index (χ3n) is 2.54. The summed E-state index contributed by atoms with van der Waals surface area (Å²) < 4.78 is 11.2. The van der Waals surface area contributed by atoms with E-state index in [-0.39, 0.29) is 0 Å². The lowest BCUT2D eigenvalue weighted by Gasteiger charge is -2.08. The highest BCUT2D eigenvalue weighted by molar-refractivity contribution is 5.40. The highest BCUT2D eigenvalue weighted by atomic mass is 16.5. The van der Waals surface area contributed by atoms with Crippen LogP contribution in [-0.4, -0.2) is 23.1 Å². The van der Waals surface area contributed by atoms with Crippen LogP contribution in [0.4, 0.5) is 5.82 Å². The Labute approximate surface area is 119 Å². The van der Waals surface area contributed by atoms with Gasteiger partial charge in [-0.3, -0.25) is 0 Å². The van der Waals surface area contributed by atoms with Gasteiger partial charge in [0, 0.05) is 18.7 Å². The van der Waals surface area contributed by atoms with Crippen molar-refractivity contribution in [1.29, 1.82) is 0 Å². The monoisotopic (exact) mass is 273 g/mol. The summed E-state index contributed by atoms with van der Waals surface area (Å²) in [6.07, 6.45) is 2.52. The number of anilines is 1. The van der Waals surface area contributed by atoms with Gasteiger partial charge in [-0.25, -0.2) is 9.97 Å². The van der Waals surface area contributed by atoms with Crippen molar-refractivity contribution in [2.45, 2.75) is 20.3 Å². The summed E-state index contributed by atoms with van der Waals surface area (Å²) in [5.74, 6) is 2.74. The van der Waals surface area contributed by atoms with Gasteiger partial charge >= 0.3 is 0 Å². The summed E-state index contributed by atoms with van der Waals surface area (Å²) in [5.41, 5.74) is 0. The van der Waals surface area contributed by atoms with Crippen molar-refractivity contribution in [3.8, 4) is 17.4 Å². The van der Waals surface area contributed by atoms with Gasteiger partial charge in [0.1, 0.15) is 23.6 Å². The average molecular weight is 273 g/mol. The van der Waals surface area contributed by atoms with E-state index in [0.717, 1.165) is 24.5 Å². The molecule has 0 amide bonds. The Morgan fingerprint density at radius 1 is 1.10 bits per heavy atom. The quantitative estimate of drug-likeness (QED) is 0.836. The molecule has 2 rings (SSSR count). The molecule has 1 aromatic heterocycles. The minimum atomic E-state index is 0.507. The molecule has 0 spiro atoms. The van der Waals surface area contributed by atoms with Gasteiger partial charge in [-0.05, 0) is 25.5 Å². The van der Waals surface area contributed by atoms with Crippen LogP contribution in [-0.2, 0) is 0 Å². The Morgan fingerprint density at radius 2 is 1.95 bits per heavy atom. The molecule has 0 atom stereocenters. The predicted octanol–water partition coefficient (Wildman–Crippen LogP) is 3.49. The Bertz CT molecular complexity index is 546. The van der Waals surface area contributed by atoms with E-state index in [1.165, 1.54) is 6.33 Å². The first-order valence-corrected chi connectivity index (χ1v) is 6.78. The fourth-order valence-corrected chi connectivity index (χ4v) is 1.66. The Hall–Kier alpha value is -2.30. The summed E-state index contributed by atoms with van der Waals surface area (Å²) in [5, 5.41) is 3.20. The number of hydrogen-bond acceptors (Lipinski definition) is 5. The number of nitrogens with one attached hydrogen (secondary N) is 1. The molecule has 2 aromatic rings. The van der Waals surface area contributed by atoms with Gasteiger partial charge in [0.15, 0.2) is 0 Å². The average Bonchev–Trinajstić information content (AvgIpc) is 2.46. The summed E-state index contributed by atoms with van der Waals surface area (Å²) >= 11 is 0. The second-order valence-corrected chi connectivity index (χ2v) is 4.18. The van der Waals surface area contributed by atoms with E-state index in [4.69, 9.17) is 9.47 Å². The van der Waals surface area contributed by atoms with Crippen molar-refractivity contribution in [1.82, 2.24) is 9.97 Å². The number of nitrogens with zero attached hydrogens (tertiary/aromatic N) is 2. The van der Waals surface area contributed by atoms with Crippen molar-refractivity contribution in [2.75, 3.05) is 18.5 Å². The number of ether oxygens (including phenoxy) is 2. The predicted molar refractivity (Wildman–Crippen MR) is 78.5 cm³/mol. The van der Waals surface area contributed by atoms with Crippen molar-refractivity contribution in [3.63, 3.8) is 0 Å². The SMILES string of the molecule is CCCNc1cc(Oc2cccc(OCC)c2)ncn1. The summed E-state index contributed by atoms with van der Waals surface area (Å²) in [4.78, 5) is 8.24. The molecule has 5 nitrogen and oxygen atoms in total. The number of hydrogen-bond donors (Lipinski definition) is 1. The van der Waals surface area contributed by atoms with Crippen molar-refractivity contribution in [3.05, 3.63) is 36.7 Å². The molecule has 1 heterocycles. The zero-order valence-corrected chi connectivity index (χ0v) is 11.8. The smallest absolute Gasteiger partial charge is 0.224 e. The molecule has 5 heteroatoms. The van der Waals surface area contributed by atoms with Crippen LogP contribution in [0.3, 0.4) is 0 Å². The normalized spacial score (nSPS) is 10.1. The summed E-state index contributed by atoms with van der Waals surface area (Å²) in [7, 11) is 0. The van der Waals surface area contributed by atoms with E-state index in [1.807, 2.05) is 31.2 Å². The molecule has 0 radical (unpaired) electrons. The van der Waals surface area contributed by atoms with E-state index in [1.54, 1.807) is 6.07 Å². The van der Waals surface area contributed by atoms with Crippen molar-refractivity contribution in [2.24, 2.45) is 0 Å². The number of rotatable bonds is 7. The van der Waals surface area contributed by atoms with Gasteiger partial charge in [0.2, 0.25) is 5.88 Å². The van der Waals surface area contributed by atoms with Crippen LogP contribution in [0.1, 0.15) is 20.3 Å². The van der Waals surface area contributed by atoms with Gasteiger partial charge in [0.25, 0.3) is 0 Å². The molecule has 0 aliphatic rings. The minimum Gasteiger partial charge on any atom is -0.494 e. The molecule has 0 aliphatic carbocycles. The molecular weight excluding hydrogens is 254 g/mol. The molecule has 0 fully saturated rings. The molecule has 106 valence electrons. The van der Waals surface area contributed by atoms with Gasteiger partial charge in [-0.2, -0.15) is 0 Å². The standard InChI is InChI=1S/C15H19N3O2/c1-3-8-16-14-10-15(18-11-17-14)20-13-7-5-6-12(9-13)19-4-2/h5-7,9-11H,3-4,8H2,1-2H3,(H,16,17,18). The Kier molecular flexibility index (Phi) is 5.17. The topological polar surface area (TPSA) is 56.3 Å². The number of benzene rings is 1. The zero-order valence-electron chi connectivity index (χ0n) is 11.8. The van der Waals surface area contributed by atoms with E-state index in [0.29, 0.717) is 18.2 Å². The molecule has 20 heavy (non-hydrogen) atoms. The van der Waals surface area contributed by atoms with Gasteiger partial charge < -0.3 is 14.8 Å². The third-order valence-corrected chi connectivity index (χ3v) is 2.54. The van der Waals surface area contributed by atoms with Crippen LogP contribution < -0.4 is 14.8 Å². The Morgan fingerprint density at radius 3 is 2.75 bits per heavy atom. The largest absolute Gasteiger partial charge is 0.494 e. The van der Waals surface area contributed by atoms with Crippen LogP contribution in [0, 0.1) is 0 Å². The van der Waals surface area contributed by atoms with Gasteiger partial charge in [-0.1, -0.05) is 13.0 Å². The molecule has 0 saturated heterocycles. The first kappa shape index (κ1) is 14.1. The summed E-state index contributed by atoms with van der Waals surface area (Å²) in [6.45, 7) is 5.55. The van der Waals surface area contributed by atoms with Crippen LogP contribution in [0.15, 0.2) is 36.7 Å². The fourth-order valence-electron chi connectivity index (χ4n) is 1.66. The molecular formula is C15H19N3O2. The first-order valence-electron chi connectivity index (χ1n) is 6.78.